The molecule has 4 rings (SSSR count). The molecule has 2 heterocycles. The molecule has 5 heteroatoms. The van der Waals surface area contributed by atoms with Gasteiger partial charge in [-0.2, -0.15) is 0 Å². The summed E-state index contributed by atoms with van der Waals surface area (Å²) in [7, 11) is 2.23. The minimum Gasteiger partial charge on any atom is -0.301 e. The van der Waals surface area contributed by atoms with Gasteiger partial charge in [0.2, 0.25) is 0 Å². The average Bonchev–Trinajstić information content (AvgIpc) is 2.96. The van der Waals surface area contributed by atoms with Crippen molar-refractivity contribution >= 4 is 21.6 Å². The second-order valence-electron chi connectivity index (χ2n) is 6.94. The third-order valence-corrected chi connectivity index (χ3v) is 6.33. The molecule has 0 amide bonds. The van der Waals surface area contributed by atoms with Crippen LogP contribution < -0.4 is 0 Å². The number of rotatable bonds is 4. The van der Waals surface area contributed by atoms with E-state index in [4.69, 9.17) is 4.98 Å². The van der Waals surface area contributed by atoms with Gasteiger partial charge in [0.15, 0.2) is 0 Å². The maximum atomic E-state index is 4.88. The highest BCUT2D eigenvalue weighted by Gasteiger charge is 2.35. The molecule has 1 aliphatic carbocycles. The standard InChI is InChI=1S/C19H22N4S/c1-12(2)23(3)16-6-14(7-16)19-22-17-5-4-13(8-18(17)24-19)15-9-20-11-21-10-15/h4-5,8-12,14,16H,6-7H2,1-3H3/t14-,16-. The van der Waals surface area contributed by atoms with Crippen LogP contribution in [0, 0.1) is 0 Å². The number of nitrogens with zero attached hydrogens (tertiary/aromatic N) is 4. The third-order valence-electron chi connectivity index (χ3n) is 5.15. The molecule has 2 aromatic heterocycles. The van der Waals surface area contributed by atoms with E-state index in [9.17, 15) is 0 Å². The van der Waals surface area contributed by atoms with Crippen molar-refractivity contribution < 1.29 is 0 Å². The number of benzene rings is 1. The van der Waals surface area contributed by atoms with E-state index in [2.05, 4.69) is 54.0 Å². The normalized spacial score (nSPS) is 20.7. The summed E-state index contributed by atoms with van der Waals surface area (Å²) in [6.07, 6.45) is 7.73. The zero-order valence-electron chi connectivity index (χ0n) is 14.3. The first-order valence-corrected chi connectivity index (χ1v) is 9.31. The highest BCUT2D eigenvalue weighted by atomic mass is 32.1. The molecule has 4 nitrogen and oxygen atoms in total. The Morgan fingerprint density at radius 3 is 2.58 bits per heavy atom. The van der Waals surface area contributed by atoms with Gasteiger partial charge in [-0.15, -0.1) is 11.3 Å². The second-order valence-corrected chi connectivity index (χ2v) is 8.01. The van der Waals surface area contributed by atoms with Gasteiger partial charge in [0.25, 0.3) is 0 Å². The Labute approximate surface area is 146 Å². The van der Waals surface area contributed by atoms with E-state index >= 15 is 0 Å². The zero-order valence-corrected chi connectivity index (χ0v) is 15.1. The van der Waals surface area contributed by atoms with Crippen LogP contribution in [0.15, 0.2) is 36.9 Å². The quantitative estimate of drug-likeness (QED) is 0.710. The molecule has 0 saturated heterocycles. The van der Waals surface area contributed by atoms with E-state index in [1.165, 1.54) is 22.5 Å². The van der Waals surface area contributed by atoms with Crippen molar-refractivity contribution in [1.29, 1.82) is 0 Å². The molecule has 0 N–H and O–H groups in total. The Morgan fingerprint density at radius 1 is 1.12 bits per heavy atom. The molecule has 0 unspecified atom stereocenters. The molecule has 1 fully saturated rings. The smallest absolute Gasteiger partial charge is 0.115 e. The van der Waals surface area contributed by atoms with Gasteiger partial charge in [-0.3, -0.25) is 0 Å². The Kier molecular flexibility index (Phi) is 4.06. The van der Waals surface area contributed by atoms with Gasteiger partial charge >= 0.3 is 0 Å². The Balaban J connectivity index is 1.55. The fraction of sp³-hybridized carbons (Fsp3) is 0.421. The lowest BCUT2D eigenvalue weighted by Crippen LogP contribution is -2.44. The lowest BCUT2D eigenvalue weighted by atomic mass is 9.79. The molecule has 0 atom stereocenters. The van der Waals surface area contributed by atoms with Crippen LogP contribution in [0.1, 0.15) is 37.6 Å². The van der Waals surface area contributed by atoms with Crippen molar-refractivity contribution in [3.63, 3.8) is 0 Å². The van der Waals surface area contributed by atoms with Crippen LogP contribution in [0.4, 0.5) is 0 Å². The van der Waals surface area contributed by atoms with Gasteiger partial charge in [-0.05, 0) is 51.4 Å². The largest absolute Gasteiger partial charge is 0.301 e. The molecule has 3 aromatic rings. The number of thiazole rings is 1. The van der Waals surface area contributed by atoms with E-state index in [0.29, 0.717) is 18.0 Å². The second kappa shape index (κ2) is 6.22. The maximum absolute atomic E-state index is 4.88. The van der Waals surface area contributed by atoms with Crippen molar-refractivity contribution in [2.45, 2.75) is 44.7 Å². The van der Waals surface area contributed by atoms with Crippen molar-refractivity contribution in [3.8, 4) is 11.1 Å². The van der Waals surface area contributed by atoms with E-state index in [0.717, 1.165) is 16.6 Å². The highest BCUT2D eigenvalue weighted by molar-refractivity contribution is 7.18. The molecule has 0 spiro atoms. The third kappa shape index (κ3) is 2.82. The van der Waals surface area contributed by atoms with Crippen molar-refractivity contribution in [1.82, 2.24) is 19.9 Å². The SMILES string of the molecule is CC(C)N(C)[C@H]1C[C@H](c2nc3ccc(-c4cncnc4)cc3s2)C1. The summed E-state index contributed by atoms with van der Waals surface area (Å²) in [6, 6.07) is 7.77. The summed E-state index contributed by atoms with van der Waals surface area (Å²) in [5.41, 5.74) is 3.32. The summed E-state index contributed by atoms with van der Waals surface area (Å²) in [5, 5.41) is 1.29. The van der Waals surface area contributed by atoms with Crippen LogP contribution in [0.2, 0.25) is 0 Å². The van der Waals surface area contributed by atoms with E-state index < -0.39 is 0 Å². The van der Waals surface area contributed by atoms with E-state index in [1.54, 1.807) is 6.33 Å². The van der Waals surface area contributed by atoms with Gasteiger partial charge < -0.3 is 4.90 Å². The van der Waals surface area contributed by atoms with Gasteiger partial charge in [-0.1, -0.05) is 6.07 Å². The summed E-state index contributed by atoms with van der Waals surface area (Å²) >= 11 is 1.84. The molecule has 0 radical (unpaired) electrons. The number of hydrogen-bond acceptors (Lipinski definition) is 5. The lowest BCUT2D eigenvalue weighted by molar-refractivity contribution is 0.108. The first kappa shape index (κ1) is 15.7. The first-order valence-electron chi connectivity index (χ1n) is 8.49. The number of hydrogen-bond donors (Lipinski definition) is 0. The topological polar surface area (TPSA) is 41.9 Å². The highest BCUT2D eigenvalue weighted by Crippen LogP contribution is 2.43. The van der Waals surface area contributed by atoms with Crippen LogP contribution in [-0.2, 0) is 0 Å². The number of fused-ring (bicyclic) bond motifs is 1. The minimum absolute atomic E-state index is 0.613. The van der Waals surface area contributed by atoms with Gasteiger partial charge in [0.1, 0.15) is 6.33 Å². The van der Waals surface area contributed by atoms with Gasteiger partial charge in [0, 0.05) is 36.0 Å². The predicted octanol–water partition coefficient (Wildman–Crippen LogP) is 4.34. The molecule has 0 bridgehead atoms. The summed E-state index contributed by atoms with van der Waals surface area (Å²) in [5.74, 6) is 0.622. The van der Waals surface area contributed by atoms with Crippen molar-refractivity contribution in [3.05, 3.63) is 41.9 Å². The van der Waals surface area contributed by atoms with Crippen LogP contribution >= 0.6 is 11.3 Å². The lowest BCUT2D eigenvalue weighted by Gasteiger charge is -2.42. The maximum Gasteiger partial charge on any atom is 0.115 e. The van der Waals surface area contributed by atoms with E-state index in [1.807, 2.05) is 23.7 Å². The van der Waals surface area contributed by atoms with Crippen LogP contribution in [-0.4, -0.2) is 39.0 Å². The van der Waals surface area contributed by atoms with Gasteiger partial charge in [-0.25, -0.2) is 15.0 Å². The molecule has 0 aliphatic heterocycles. The van der Waals surface area contributed by atoms with Crippen molar-refractivity contribution in [2.24, 2.45) is 0 Å². The molecular formula is C19H22N4S. The molecule has 1 saturated carbocycles. The van der Waals surface area contributed by atoms with Crippen LogP contribution in [0.3, 0.4) is 0 Å². The molecular weight excluding hydrogens is 316 g/mol. The predicted molar refractivity (Wildman–Crippen MR) is 99.3 cm³/mol. The fourth-order valence-corrected chi connectivity index (χ4v) is 4.42. The molecule has 1 aliphatic rings. The minimum atomic E-state index is 0.613. The molecule has 24 heavy (non-hydrogen) atoms. The monoisotopic (exact) mass is 338 g/mol. The fourth-order valence-electron chi connectivity index (χ4n) is 3.29. The Morgan fingerprint density at radius 2 is 1.88 bits per heavy atom. The molecule has 124 valence electrons. The van der Waals surface area contributed by atoms with E-state index in [-0.39, 0.29) is 0 Å². The summed E-state index contributed by atoms with van der Waals surface area (Å²) in [6.45, 7) is 4.53. The zero-order chi connectivity index (χ0) is 16.7. The average molecular weight is 338 g/mol. The Hall–Kier alpha value is -1.85. The summed E-state index contributed by atoms with van der Waals surface area (Å²) in [4.78, 5) is 15.6. The Bertz CT molecular complexity index is 837. The van der Waals surface area contributed by atoms with Crippen molar-refractivity contribution in [2.75, 3.05) is 7.05 Å². The van der Waals surface area contributed by atoms with Crippen LogP contribution in [0.25, 0.3) is 21.3 Å². The number of aromatic nitrogens is 3. The molecule has 1 aromatic carbocycles. The van der Waals surface area contributed by atoms with Crippen LogP contribution in [0.5, 0.6) is 0 Å². The van der Waals surface area contributed by atoms with Gasteiger partial charge in [0.05, 0.1) is 15.2 Å². The summed E-state index contributed by atoms with van der Waals surface area (Å²) < 4.78 is 1.26. The first-order chi connectivity index (χ1) is 11.6.